The lowest BCUT2D eigenvalue weighted by atomic mass is 10.00. The van der Waals surface area contributed by atoms with Gasteiger partial charge in [-0.3, -0.25) is 9.59 Å². The largest absolute Gasteiger partial charge is 0.445 e. The summed E-state index contributed by atoms with van der Waals surface area (Å²) in [5.41, 5.74) is 6.02. The topological polar surface area (TPSA) is 113 Å². The van der Waals surface area contributed by atoms with E-state index in [1.807, 2.05) is 13.8 Å². The highest BCUT2D eigenvalue weighted by molar-refractivity contribution is 6.01. The SMILES string of the molecule is CCCN(CCC)C(=O)c1cc(C(=O)N(Cc2cccc(C(F)(F)F)c2)C[C@@H](O)[C@@H](N)Cc2cc(F)cc(F)c2)cc(-c2ncco2)c1.Cl. The Balaban J connectivity index is 0.00000650. The van der Waals surface area contributed by atoms with Crippen molar-refractivity contribution in [3.8, 4) is 11.5 Å². The lowest BCUT2D eigenvalue weighted by molar-refractivity contribution is -0.137. The molecule has 0 saturated carbocycles. The fourth-order valence-electron chi connectivity index (χ4n) is 5.37. The van der Waals surface area contributed by atoms with Crippen molar-refractivity contribution in [2.75, 3.05) is 19.6 Å². The Labute approximate surface area is 287 Å². The van der Waals surface area contributed by atoms with Crippen molar-refractivity contribution in [3.05, 3.63) is 113 Å². The van der Waals surface area contributed by atoms with Crippen molar-refractivity contribution in [3.63, 3.8) is 0 Å². The molecule has 3 aromatic carbocycles. The number of aliphatic hydroxyl groups is 1. The molecule has 14 heteroatoms. The van der Waals surface area contributed by atoms with Gasteiger partial charge in [0.15, 0.2) is 0 Å². The van der Waals surface area contributed by atoms with E-state index in [-0.39, 0.29) is 59.4 Å². The molecule has 8 nitrogen and oxygen atoms in total. The molecule has 4 aromatic rings. The molecule has 4 rings (SSSR count). The highest BCUT2D eigenvalue weighted by Crippen LogP contribution is 2.30. The van der Waals surface area contributed by atoms with Crippen molar-refractivity contribution in [2.45, 2.75) is 58.0 Å². The van der Waals surface area contributed by atoms with Gasteiger partial charge in [-0.05, 0) is 72.9 Å². The molecule has 1 aromatic heterocycles. The number of carbonyl (C=O) groups excluding carboxylic acids is 2. The molecule has 0 aliphatic rings. The number of benzene rings is 3. The van der Waals surface area contributed by atoms with Crippen LogP contribution >= 0.6 is 12.4 Å². The number of nitrogens with zero attached hydrogens (tertiary/aromatic N) is 3. The molecule has 0 radical (unpaired) electrons. The molecule has 49 heavy (non-hydrogen) atoms. The third-order valence-electron chi connectivity index (χ3n) is 7.59. The fraction of sp³-hybridized carbons (Fsp3) is 0.343. The number of nitrogens with two attached hydrogens (primary N) is 1. The molecule has 264 valence electrons. The van der Waals surface area contributed by atoms with E-state index >= 15 is 0 Å². The number of halogens is 6. The normalized spacial score (nSPS) is 12.6. The van der Waals surface area contributed by atoms with E-state index in [0.29, 0.717) is 37.6 Å². The zero-order valence-corrected chi connectivity index (χ0v) is 27.7. The Hall–Kier alpha value is -4.33. The molecule has 0 aliphatic heterocycles. The number of rotatable bonds is 14. The summed E-state index contributed by atoms with van der Waals surface area (Å²) < 4.78 is 73.6. The van der Waals surface area contributed by atoms with Crippen LogP contribution < -0.4 is 5.73 Å². The molecule has 0 aliphatic carbocycles. The van der Waals surface area contributed by atoms with E-state index in [1.165, 1.54) is 36.7 Å². The Morgan fingerprint density at radius 1 is 0.898 bits per heavy atom. The van der Waals surface area contributed by atoms with Gasteiger partial charge in [0.25, 0.3) is 11.8 Å². The van der Waals surface area contributed by atoms with Crippen LogP contribution in [0.25, 0.3) is 11.5 Å². The Bertz CT molecular complexity index is 1680. The number of alkyl halides is 3. The van der Waals surface area contributed by atoms with Crippen LogP contribution in [0.5, 0.6) is 0 Å². The molecule has 1 heterocycles. The number of hydrogen-bond donors (Lipinski definition) is 2. The Kier molecular flexibility index (Phi) is 13.9. The molecular weight excluding hydrogens is 671 g/mol. The van der Waals surface area contributed by atoms with Gasteiger partial charge in [0.05, 0.1) is 17.9 Å². The van der Waals surface area contributed by atoms with Crippen molar-refractivity contribution < 1.29 is 41.1 Å². The number of hydrogen-bond acceptors (Lipinski definition) is 6. The number of amides is 2. The second-order valence-electron chi connectivity index (χ2n) is 11.5. The van der Waals surface area contributed by atoms with Crippen LogP contribution in [0.1, 0.15) is 64.1 Å². The maximum absolute atomic E-state index is 14.2. The van der Waals surface area contributed by atoms with Crippen LogP contribution in [0, 0.1) is 11.6 Å². The molecule has 0 fully saturated rings. The van der Waals surface area contributed by atoms with Crippen LogP contribution in [-0.4, -0.2) is 63.5 Å². The first-order chi connectivity index (χ1) is 22.8. The number of carbonyl (C=O) groups is 2. The average molecular weight is 709 g/mol. The number of aliphatic hydroxyl groups excluding tert-OH is 1. The maximum atomic E-state index is 14.2. The summed E-state index contributed by atoms with van der Waals surface area (Å²) in [4.78, 5) is 34.8. The highest BCUT2D eigenvalue weighted by Gasteiger charge is 2.31. The average Bonchev–Trinajstić information content (AvgIpc) is 3.58. The predicted molar refractivity (Wildman–Crippen MR) is 176 cm³/mol. The molecule has 2 atom stereocenters. The number of oxazole rings is 1. The lowest BCUT2D eigenvalue weighted by Crippen LogP contribution is -2.46. The summed E-state index contributed by atoms with van der Waals surface area (Å²) in [5, 5.41) is 11.1. The van der Waals surface area contributed by atoms with Gasteiger partial charge in [0.2, 0.25) is 5.89 Å². The Morgan fingerprint density at radius 2 is 1.51 bits per heavy atom. The van der Waals surface area contributed by atoms with E-state index in [1.54, 1.807) is 11.0 Å². The second kappa shape index (κ2) is 17.4. The minimum atomic E-state index is -4.64. The van der Waals surface area contributed by atoms with E-state index < -0.39 is 48.0 Å². The third-order valence-corrected chi connectivity index (χ3v) is 7.59. The molecule has 2 amide bonds. The van der Waals surface area contributed by atoms with Gasteiger partial charge in [0.1, 0.15) is 17.9 Å². The summed E-state index contributed by atoms with van der Waals surface area (Å²) in [6.07, 6.45) is -2.15. The first-order valence-electron chi connectivity index (χ1n) is 15.5. The van der Waals surface area contributed by atoms with Crippen molar-refractivity contribution in [2.24, 2.45) is 5.73 Å². The van der Waals surface area contributed by atoms with Gasteiger partial charge in [-0.15, -0.1) is 12.4 Å². The monoisotopic (exact) mass is 708 g/mol. The van der Waals surface area contributed by atoms with Gasteiger partial charge in [-0.1, -0.05) is 26.0 Å². The number of aromatic nitrogens is 1. The summed E-state index contributed by atoms with van der Waals surface area (Å²) in [7, 11) is 0. The van der Waals surface area contributed by atoms with Gasteiger partial charge >= 0.3 is 6.18 Å². The fourth-order valence-corrected chi connectivity index (χ4v) is 5.37. The minimum Gasteiger partial charge on any atom is -0.445 e. The molecule has 3 N–H and O–H groups in total. The molecule has 0 saturated heterocycles. The zero-order chi connectivity index (χ0) is 35.0. The molecule has 0 unspecified atom stereocenters. The summed E-state index contributed by atoms with van der Waals surface area (Å²) in [6.45, 7) is 3.98. The van der Waals surface area contributed by atoms with Crippen molar-refractivity contribution in [1.29, 1.82) is 0 Å². The smallest absolute Gasteiger partial charge is 0.416 e. The first-order valence-corrected chi connectivity index (χ1v) is 15.5. The van der Waals surface area contributed by atoms with Crippen molar-refractivity contribution in [1.82, 2.24) is 14.8 Å². The summed E-state index contributed by atoms with van der Waals surface area (Å²) >= 11 is 0. The maximum Gasteiger partial charge on any atom is 0.416 e. The van der Waals surface area contributed by atoms with Crippen LogP contribution in [0.4, 0.5) is 22.0 Å². The van der Waals surface area contributed by atoms with Gasteiger partial charge in [-0.25, -0.2) is 13.8 Å². The quantitative estimate of drug-likeness (QED) is 0.138. The zero-order valence-electron chi connectivity index (χ0n) is 26.9. The molecule has 0 spiro atoms. The van der Waals surface area contributed by atoms with E-state index in [4.69, 9.17) is 10.2 Å². The lowest BCUT2D eigenvalue weighted by Gasteiger charge is -2.29. The predicted octanol–water partition coefficient (Wildman–Crippen LogP) is 6.90. The standard InChI is InChI=1S/C35H37F5N4O4.ClH/c1-3-9-43(10-4-2)33(46)25-16-24(32-42-8-11-48-32)17-26(18-25)34(47)44(20-22-6-5-7-27(12-22)35(38,39)40)21-31(45)30(41)15-23-13-28(36)19-29(37)14-23;/h5-8,11-14,16-19,30-31,45H,3-4,9-10,15,20-21,41H2,1-2H3;1H/t30-,31+;/m0./s1. The molecular formula is C35H38ClF5N4O4. The van der Waals surface area contributed by atoms with Crippen LogP contribution in [-0.2, 0) is 19.1 Å². The Morgan fingerprint density at radius 3 is 2.06 bits per heavy atom. The highest BCUT2D eigenvalue weighted by atomic mass is 35.5. The van der Waals surface area contributed by atoms with Gasteiger partial charge in [0, 0.05) is 55.0 Å². The van der Waals surface area contributed by atoms with Crippen LogP contribution in [0.3, 0.4) is 0 Å². The van der Waals surface area contributed by atoms with E-state index in [2.05, 4.69) is 4.98 Å². The van der Waals surface area contributed by atoms with E-state index in [0.717, 1.165) is 29.2 Å². The van der Waals surface area contributed by atoms with Crippen LogP contribution in [0.15, 0.2) is 77.5 Å². The van der Waals surface area contributed by atoms with E-state index in [9.17, 15) is 36.6 Å². The van der Waals surface area contributed by atoms with Crippen LogP contribution in [0.2, 0.25) is 0 Å². The minimum absolute atomic E-state index is 0. The molecule has 0 bridgehead atoms. The van der Waals surface area contributed by atoms with Crippen molar-refractivity contribution >= 4 is 24.2 Å². The third kappa shape index (κ3) is 10.6. The van der Waals surface area contributed by atoms with Gasteiger partial charge < -0.3 is 25.1 Å². The summed E-state index contributed by atoms with van der Waals surface area (Å²) in [6, 6.07) is 10.5. The second-order valence-corrected chi connectivity index (χ2v) is 11.5. The summed E-state index contributed by atoms with van der Waals surface area (Å²) in [5.74, 6) is -2.60. The van der Waals surface area contributed by atoms with Gasteiger partial charge in [-0.2, -0.15) is 13.2 Å². The first kappa shape index (κ1) is 39.1.